The van der Waals surface area contributed by atoms with Gasteiger partial charge in [0.1, 0.15) is 0 Å². The van der Waals surface area contributed by atoms with Crippen LogP contribution in [0.3, 0.4) is 0 Å². The van der Waals surface area contributed by atoms with Gasteiger partial charge in [0.25, 0.3) is 10.1 Å². The van der Waals surface area contributed by atoms with Crippen molar-refractivity contribution in [3.05, 3.63) is 64.4 Å². The molecule has 0 spiro atoms. The largest absolute Gasteiger partial charge is 0.493 e. The Morgan fingerprint density at radius 3 is 2.62 bits per heavy atom. The van der Waals surface area contributed by atoms with Crippen LogP contribution in [0.25, 0.3) is 17.3 Å². The summed E-state index contributed by atoms with van der Waals surface area (Å²) in [4.78, 5) is 5.92. The highest BCUT2D eigenvalue weighted by Crippen LogP contribution is 2.31. The van der Waals surface area contributed by atoms with Crippen molar-refractivity contribution < 1.29 is 22.1 Å². The number of unbranched alkanes of at least 4 members (excludes halogenated alkanes) is 1. The van der Waals surface area contributed by atoms with Gasteiger partial charge in [-0.3, -0.25) is 4.18 Å². The number of nitrogens with zero attached hydrogens (tertiary/aromatic N) is 1. The van der Waals surface area contributed by atoms with Crippen molar-refractivity contribution in [1.82, 2.24) is 4.98 Å². The molecular formula is C25H30N2O5S2. The Morgan fingerprint density at radius 1 is 1.09 bits per heavy atom. The third-order valence-electron chi connectivity index (χ3n) is 4.85. The standard InChI is InChI=1S/C25H30N2O5S2/c1-4-32-34(28,29)17-14-20-12-13-22(23(18-20)30-3)31-16-9-8-15-26-25-27-24(19(2)33-25)21-10-6-5-7-11-21/h5-7,10-14,17-18H,4,8-9,15-16H2,1-3H3,(H,26,27)/b17-14+. The number of thiazole rings is 1. The summed E-state index contributed by atoms with van der Waals surface area (Å²) in [7, 11) is -2.13. The SMILES string of the molecule is CCOS(=O)(=O)/C=C/c1ccc(OCCCCNc2nc(-c3ccccc3)c(C)s2)c(OC)c1. The van der Waals surface area contributed by atoms with Crippen LogP contribution in [-0.4, -0.2) is 40.3 Å². The lowest BCUT2D eigenvalue weighted by molar-refractivity contribution is 0.287. The highest BCUT2D eigenvalue weighted by molar-refractivity contribution is 7.89. The molecule has 0 fully saturated rings. The number of hydrogen-bond donors (Lipinski definition) is 1. The molecule has 0 unspecified atom stereocenters. The average Bonchev–Trinajstić information content (AvgIpc) is 3.21. The Balaban J connectivity index is 1.45. The molecule has 0 amide bonds. The fourth-order valence-corrected chi connectivity index (χ4v) is 4.81. The first kappa shape index (κ1) is 25.7. The number of rotatable bonds is 13. The van der Waals surface area contributed by atoms with Crippen molar-refractivity contribution in [1.29, 1.82) is 0 Å². The molecule has 3 aromatic rings. The van der Waals surface area contributed by atoms with Crippen molar-refractivity contribution in [2.24, 2.45) is 0 Å². The summed E-state index contributed by atoms with van der Waals surface area (Å²) < 4.78 is 39.3. The topological polar surface area (TPSA) is 86.8 Å². The molecule has 182 valence electrons. The van der Waals surface area contributed by atoms with Crippen LogP contribution in [-0.2, 0) is 14.3 Å². The van der Waals surface area contributed by atoms with Gasteiger partial charge in [-0.15, -0.1) is 11.3 Å². The Hall–Kier alpha value is -2.88. The number of methoxy groups -OCH3 is 1. The molecule has 0 aliphatic carbocycles. The van der Waals surface area contributed by atoms with Crippen molar-refractivity contribution in [2.45, 2.75) is 26.7 Å². The molecule has 2 aromatic carbocycles. The normalized spacial score (nSPS) is 11.6. The lowest BCUT2D eigenvalue weighted by atomic mass is 10.1. The van der Waals surface area contributed by atoms with Crippen molar-refractivity contribution >= 4 is 32.7 Å². The number of ether oxygens (including phenoxy) is 2. The summed E-state index contributed by atoms with van der Waals surface area (Å²) in [6, 6.07) is 15.5. The van der Waals surface area contributed by atoms with Gasteiger partial charge in [-0.2, -0.15) is 8.42 Å². The van der Waals surface area contributed by atoms with E-state index in [1.165, 1.54) is 11.0 Å². The smallest absolute Gasteiger partial charge is 0.290 e. The van der Waals surface area contributed by atoms with Gasteiger partial charge in [-0.05, 0) is 50.5 Å². The average molecular weight is 503 g/mol. The molecule has 9 heteroatoms. The van der Waals surface area contributed by atoms with Gasteiger partial charge in [0.2, 0.25) is 0 Å². The maximum absolute atomic E-state index is 11.7. The van der Waals surface area contributed by atoms with Crippen LogP contribution in [0.4, 0.5) is 5.13 Å². The second-order valence-corrected chi connectivity index (χ2v) is 10.1. The summed E-state index contributed by atoms with van der Waals surface area (Å²) in [5.41, 5.74) is 2.83. The molecule has 0 saturated carbocycles. The number of aromatic nitrogens is 1. The van der Waals surface area contributed by atoms with Crippen molar-refractivity contribution in [2.75, 3.05) is 32.2 Å². The Bertz CT molecular complexity index is 1190. The summed E-state index contributed by atoms with van der Waals surface area (Å²) in [6.07, 6.45) is 3.25. The highest BCUT2D eigenvalue weighted by Gasteiger charge is 2.10. The zero-order chi connectivity index (χ0) is 24.4. The summed E-state index contributed by atoms with van der Waals surface area (Å²) in [5.74, 6) is 1.16. The molecule has 34 heavy (non-hydrogen) atoms. The third kappa shape index (κ3) is 7.58. The summed E-state index contributed by atoms with van der Waals surface area (Å²) in [6.45, 7) is 5.15. The second kappa shape index (κ2) is 12.5. The Labute approximate surface area is 205 Å². The number of anilines is 1. The number of aryl methyl sites for hydroxylation is 1. The molecule has 0 radical (unpaired) electrons. The van der Waals surface area contributed by atoms with Gasteiger partial charge >= 0.3 is 0 Å². The zero-order valence-corrected chi connectivity index (χ0v) is 21.2. The molecule has 1 N–H and O–H groups in total. The fourth-order valence-electron chi connectivity index (χ4n) is 3.21. The van der Waals surface area contributed by atoms with Crippen molar-refractivity contribution in [3.8, 4) is 22.8 Å². The van der Waals surface area contributed by atoms with E-state index < -0.39 is 10.1 Å². The van der Waals surface area contributed by atoms with E-state index in [-0.39, 0.29) is 6.61 Å². The van der Waals surface area contributed by atoms with Crippen LogP contribution in [0.2, 0.25) is 0 Å². The first-order valence-electron chi connectivity index (χ1n) is 11.1. The van der Waals surface area contributed by atoms with E-state index in [4.69, 9.17) is 18.6 Å². The van der Waals surface area contributed by atoms with E-state index >= 15 is 0 Å². The van der Waals surface area contributed by atoms with E-state index in [0.29, 0.717) is 23.7 Å². The Kier molecular flexibility index (Phi) is 9.50. The molecule has 1 aromatic heterocycles. The molecule has 0 atom stereocenters. The first-order valence-corrected chi connectivity index (χ1v) is 13.4. The molecular weight excluding hydrogens is 472 g/mol. The van der Waals surface area contributed by atoms with Gasteiger partial charge in [0.15, 0.2) is 16.6 Å². The summed E-state index contributed by atoms with van der Waals surface area (Å²) in [5, 5.41) is 5.36. The minimum atomic E-state index is -3.68. The molecule has 0 saturated heterocycles. The zero-order valence-electron chi connectivity index (χ0n) is 19.6. The number of benzene rings is 2. The van der Waals surface area contributed by atoms with Crippen LogP contribution in [0.5, 0.6) is 11.5 Å². The van der Waals surface area contributed by atoms with E-state index in [2.05, 4.69) is 24.4 Å². The van der Waals surface area contributed by atoms with E-state index in [9.17, 15) is 8.42 Å². The van der Waals surface area contributed by atoms with Crippen LogP contribution < -0.4 is 14.8 Å². The number of hydrogen-bond acceptors (Lipinski definition) is 8. The molecule has 1 heterocycles. The van der Waals surface area contributed by atoms with Gasteiger partial charge in [0, 0.05) is 17.0 Å². The second-order valence-electron chi connectivity index (χ2n) is 7.38. The van der Waals surface area contributed by atoms with Gasteiger partial charge in [-0.25, -0.2) is 4.98 Å². The highest BCUT2D eigenvalue weighted by atomic mass is 32.2. The monoisotopic (exact) mass is 502 g/mol. The van der Waals surface area contributed by atoms with Gasteiger partial charge < -0.3 is 14.8 Å². The quantitative estimate of drug-likeness (QED) is 0.236. The first-order chi connectivity index (χ1) is 16.4. The maximum atomic E-state index is 11.7. The van der Waals surface area contributed by atoms with E-state index in [0.717, 1.165) is 41.2 Å². The molecule has 3 rings (SSSR count). The Morgan fingerprint density at radius 2 is 1.88 bits per heavy atom. The van der Waals surface area contributed by atoms with Crippen LogP contribution >= 0.6 is 11.3 Å². The molecule has 7 nitrogen and oxygen atoms in total. The minimum Gasteiger partial charge on any atom is -0.493 e. The number of nitrogens with one attached hydrogen (secondary N) is 1. The van der Waals surface area contributed by atoms with Gasteiger partial charge in [-0.1, -0.05) is 36.4 Å². The molecule has 0 aliphatic rings. The van der Waals surface area contributed by atoms with Crippen LogP contribution in [0.1, 0.15) is 30.2 Å². The predicted octanol–water partition coefficient (Wildman–Crippen LogP) is 5.74. The lowest BCUT2D eigenvalue weighted by Crippen LogP contribution is -2.05. The summed E-state index contributed by atoms with van der Waals surface area (Å²) >= 11 is 1.66. The van der Waals surface area contributed by atoms with Crippen molar-refractivity contribution in [3.63, 3.8) is 0 Å². The fraction of sp³-hybridized carbons (Fsp3) is 0.320. The minimum absolute atomic E-state index is 0.0937. The third-order valence-corrected chi connectivity index (χ3v) is 6.81. The lowest BCUT2D eigenvalue weighted by Gasteiger charge is -2.11. The molecule has 0 aliphatic heterocycles. The van der Waals surface area contributed by atoms with E-state index in [1.54, 1.807) is 43.6 Å². The predicted molar refractivity (Wildman–Crippen MR) is 138 cm³/mol. The van der Waals surface area contributed by atoms with Gasteiger partial charge in [0.05, 0.1) is 31.4 Å². The van der Waals surface area contributed by atoms with E-state index in [1.807, 2.05) is 18.2 Å². The van der Waals surface area contributed by atoms with Crippen LogP contribution in [0.15, 0.2) is 53.9 Å². The molecule has 0 bridgehead atoms. The maximum Gasteiger partial charge on any atom is 0.290 e. The van der Waals surface area contributed by atoms with Crippen LogP contribution in [0, 0.1) is 6.92 Å².